The molecule has 0 radical (unpaired) electrons. The highest BCUT2D eigenvalue weighted by Gasteiger charge is 2.45. The number of rotatable bonds is 3. The smallest absolute Gasteiger partial charge is 0.409 e. The Kier molecular flexibility index (Phi) is 5.47. The Hall–Kier alpha value is -1.30. The Labute approximate surface area is 145 Å². The van der Waals surface area contributed by atoms with E-state index in [4.69, 9.17) is 4.74 Å². The first-order chi connectivity index (χ1) is 11.1. The van der Waals surface area contributed by atoms with Crippen LogP contribution in [0, 0.1) is 5.92 Å². The van der Waals surface area contributed by atoms with Crippen LogP contribution in [-0.4, -0.2) is 64.3 Å². The van der Waals surface area contributed by atoms with E-state index in [0.29, 0.717) is 25.9 Å². The van der Waals surface area contributed by atoms with Crippen molar-refractivity contribution in [1.82, 2.24) is 9.80 Å². The summed E-state index contributed by atoms with van der Waals surface area (Å²) in [6, 6.07) is -0.121. The molecule has 2 saturated heterocycles. The zero-order valence-electron chi connectivity index (χ0n) is 15.7. The second-order valence-corrected chi connectivity index (χ2v) is 8.47. The fraction of sp³-hybridized carbons (Fsp3) is 0.889. The molecule has 0 aromatic heterocycles. The standard InChI is InChI=1S/C18H32N2O4/c1-17(2)8-6-9-18(3,4)20(17)12-14-11-13(15(21)22)7-10-19(14)16(23)24-5/h13-14H,6-12H2,1-5H3,(H,21,22). The third kappa shape index (κ3) is 3.85. The van der Waals surface area contributed by atoms with E-state index in [1.165, 1.54) is 13.5 Å². The van der Waals surface area contributed by atoms with Crippen molar-refractivity contribution in [2.45, 2.75) is 76.9 Å². The number of aliphatic carboxylic acids is 1. The van der Waals surface area contributed by atoms with Crippen molar-refractivity contribution in [3.05, 3.63) is 0 Å². The molecule has 2 rings (SSSR count). The van der Waals surface area contributed by atoms with Gasteiger partial charge in [0.15, 0.2) is 0 Å². The van der Waals surface area contributed by atoms with Crippen molar-refractivity contribution < 1.29 is 19.4 Å². The zero-order chi connectivity index (χ0) is 18.1. The largest absolute Gasteiger partial charge is 0.481 e. The number of amides is 1. The van der Waals surface area contributed by atoms with E-state index in [1.807, 2.05) is 0 Å². The molecule has 0 saturated carbocycles. The molecule has 138 valence electrons. The van der Waals surface area contributed by atoms with Gasteiger partial charge in [-0.1, -0.05) is 0 Å². The second-order valence-electron chi connectivity index (χ2n) is 8.47. The van der Waals surface area contributed by atoms with Crippen LogP contribution in [0.15, 0.2) is 0 Å². The van der Waals surface area contributed by atoms with Crippen LogP contribution in [0.2, 0.25) is 0 Å². The van der Waals surface area contributed by atoms with Gasteiger partial charge in [0.25, 0.3) is 0 Å². The molecule has 2 heterocycles. The maximum absolute atomic E-state index is 12.2. The molecule has 2 fully saturated rings. The number of nitrogens with zero attached hydrogens (tertiary/aromatic N) is 2. The number of likely N-dealkylation sites (tertiary alicyclic amines) is 2. The summed E-state index contributed by atoms with van der Waals surface area (Å²) in [6.07, 6.45) is 4.06. The Morgan fingerprint density at radius 2 is 1.75 bits per heavy atom. The topological polar surface area (TPSA) is 70.1 Å². The summed E-state index contributed by atoms with van der Waals surface area (Å²) in [5.74, 6) is -1.14. The highest BCUT2D eigenvalue weighted by atomic mass is 16.5. The average Bonchev–Trinajstić information content (AvgIpc) is 2.49. The highest BCUT2D eigenvalue weighted by molar-refractivity contribution is 5.72. The minimum absolute atomic E-state index is 0.0414. The Balaban J connectivity index is 2.23. The number of piperidine rings is 2. The first-order valence-corrected chi connectivity index (χ1v) is 8.93. The highest BCUT2D eigenvalue weighted by Crippen LogP contribution is 2.39. The number of carboxylic acids is 1. The van der Waals surface area contributed by atoms with E-state index < -0.39 is 5.97 Å². The third-order valence-electron chi connectivity index (χ3n) is 5.91. The van der Waals surface area contributed by atoms with Gasteiger partial charge in [-0.15, -0.1) is 0 Å². The number of hydrogen-bond acceptors (Lipinski definition) is 4. The SMILES string of the molecule is COC(=O)N1CCC(C(=O)O)CC1CN1C(C)(C)CCCC1(C)C. The third-order valence-corrected chi connectivity index (χ3v) is 5.91. The van der Waals surface area contributed by atoms with Crippen molar-refractivity contribution in [3.8, 4) is 0 Å². The minimum atomic E-state index is -0.762. The average molecular weight is 340 g/mol. The predicted molar refractivity (Wildman–Crippen MR) is 92.0 cm³/mol. The van der Waals surface area contributed by atoms with E-state index >= 15 is 0 Å². The van der Waals surface area contributed by atoms with Crippen LogP contribution in [-0.2, 0) is 9.53 Å². The van der Waals surface area contributed by atoms with Gasteiger partial charge in [-0.3, -0.25) is 9.69 Å². The number of ether oxygens (including phenoxy) is 1. The van der Waals surface area contributed by atoms with Gasteiger partial charge in [0, 0.05) is 30.2 Å². The van der Waals surface area contributed by atoms with Gasteiger partial charge in [0.1, 0.15) is 0 Å². The summed E-state index contributed by atoms with van der Waals surface area (Å²) in [5.41, 5.74) is 0.0828. The van der Waals surface area contributed by atoms with Gasteiger partial charge in [-0.05, 0) is 59.8 Å². The summed E-state index contributed by atoms with van der Waals surface area (Å²) in [5, 5.41) is 9.40. The maximum atomic E-state index is 12.2. The van der Waals surface area contributed by atoms with E-state index in [0.717, 1.165) is 12.8 Å². The predicted octanol–water partition coefficient (Wildman–Crippen LogP) is 2.96. The molecule has 6 heteroatoms. The van der Waals surface area contributed by atoms with Crippen LogP contribution in [0.1, 0.15) is 59.8 Å². The number of methoxy groups -OCH3 is 1. The molecule has 2 atom stereocenters. The first-order valence-electron chi connectivity index (χ1n) is 8.93. The van der Waals surface area contributed by atoms with Crippen LogP contribution >= 0.6 is 0 Å². The monoisotopic (exact) mass is 340 g/mol. The fourth-order valence-corrected chi connectivity index (χ4v) is 4.55. The summed E-state index contributed by atoms with van der Waals surface area (Å²) >= 11 is 0. The van der Waals surface area contributed by atoms with Crippen molar-refractivity contribution >= 4 is 12.1 Å². The van der Waals surface area contributed by atoms with Gasteiger partial charge in [-0.25, -0.2) is 4.79 Å². The van der Waals surface area contributed by atoms with Crippen LogP contribution in [0.3, 0.4) is 0 Å². The van der Waals surface area contributed by atoms with Crippen LogP contribution in [0.4, 0.5) is 4.79 Å². The quantitative estimate of drug-likeness (QED) is 0.855. The molecule has 6 nitrogen and oxygen atoms in total. The summed E-state index contributed by atoms with van der Waals surface area (Å²) in [6.45, 7) is 10.1. The van der Waals surface area contributed by atoms with E-state index in [1.54, 1.807) is 4.90 Å². The van der Waals surface area contributed by atoms with Crippen molar-refractivity contribution in [2.75, 3.05) is 20.2 Å². The van der Waals surface area contributed by atoms with Crippen molar-refractivity contribution in [3.63, 3.8) is 0 Å². The van der Waals surface area contributed by atoms with E-state index in [9.17, 15) is 14.7 Å². The maximum Gasteiger partial charge on any atom is 0.409 e. The molecule has 0 bridgehead atoms. The molecule has 0 aromatic rings. The Bertz CT molecular complexity index is 473. The lowest BCUT2D eigenvalue weighted by Crippen LogP contribution is -2.63. The number of hydrogen-bond donors (Lipinski definition) is 1. The van der Waals surface area contributed by atoms with Gasteiger partial charge < -0.3 is 14.7 Å². The summed E-state index contributed by atoms with van der Waals surface area (Å²) < 4.78 is 4.93. The molecule has 0 aliphatic carbocycles. The van der Waals surface area contributed by atoms with Crippen LogP contribution < -0.4 is 0 Å². The fourth-order valence-electron chi connectivity index (χ4n) is 4.55. The number of carbonyl (C=O) groups excluding carboxylic acids is 1. The lowest BCUT2D eigenvalue weighted by molar-refractivity contribution is -0.144. The summed E-state index contributed by atoms with van der Waals surface area (Å²) in [4.78, 5) is 27.8. The second kappa shape index (κ2) is 6.90. The van der Waals surface area contributed by atoms with Gasteiger partial charge in [0.2, 0.25) is 0 Å². The number of carbonyl (C=O) groups is 2. The molecule has 24 heavy (non-hydrogen) atoms. The first kappa shape index (κ1) is 19.0. The molecule has 1 amide bonds. The van der Waals surface area contributed by atoms with E-state index in [-0.39, 0.29) is 29.1 Å². The van der Waals surface area contributed by atoms with Crippen molar-refractivity contribution in [2.24, 2.45) is 5.92 Å². The van der Waals surface area contributed by atoms with Crippen LogP contribution in [0.5, 0.6) is 0 Å². The lowest BCUT2D eigenvalue weighted by Gasteiger charge is -2.55. The lowest BCUT2D eigenvalue weighted by atomic mass is 9.78. The molecule has 2 aliphatic rings. The van der Waals surface area contributed by atoms with Crippen molar-refractivity contribution in [1.29, 1.82) is 0 Å². The molecule has 2 aliphatic heterocycles. The molecule has 2 unspecified atom stereocenters. The van der Waals surface area contributed by atoms with E-state index in [2.05, 4.69) is 32.6 Å². The van der Waals surface area contributed by atoms with Crippen LogP contribution in [0.25, 0.3) is 0 Å². The molecular formula is C18H32N2O4. The van der Waals surface area contributed by atoms with Gasteiger partial charge in [-0.2, -0.15) is 0 Å². The van der Waals surface area contributed by atoms with Gasteiger partial charge >= 0.3 is 12.1 Å². The summed E-state index contributed by atoms with van der Waals surface area (Å²) in [7, 11) is 1.39. The van der Waals surface area contributed by atoms with Gasteiger partial charge in [0.05, 0.1) is 13.0 Å². The molecule has 0 aromatic carbocycles. The Morgan fingerprint density at radius 1 is 1.17 bits per heavy atom. The Morgan fingerprint density at radius 3 is 2.25 bits per heavy atom. The molecule has 1 N–H and O–H groups in total. The normalized spacial score (nSPS) is 30.0. The minimum Gasteiger partial charge on any atom is -0.481 e. The molecular weight excluding hydrogens is 308 g/mol. The molecule has 0 spiro atoms. The zero-order valence-corrected chi connectivity index (χ0v) is 15.7. The number of carboxylic acid groups (broad SMARTS) is 1.